The first-order chi connectivity index (χ1) is 8.36. The molecule has 0 atom stereocenters. The summed E-state index contributed by atoms with van der Waals surface area (Å²) in [4.78, 5) is 5.77. The Hall–Kier alpha value is -1.07. The van der Waals surface area contributed by atoms with E-state index in [0.29, 0.717) is 6.61 Å². The fraction of sp³-hybridized carbons (Fsp3) is 0.583. The normalized spacial score (nSPS) is 11.5. The lowest BCUT2D eigenvalue weighted by Gasteiger charge is -2.10. The average molecular weight is 255 g/mol. The summed E-state index contributed by atoms with van der Waals surface area (Å²) < 4.78 is 5.27. The number of hydrogen-bond acceptors (Lipinski definition) is 3. The predicted octanol–water partition coefficient (Wildman–Crippen LogP) is 1.84. The molecule has 1 aromatic rings. The highest BCUT2D eigenvalue weighted by atomic mass is 32.1. The third-order valence-electron chi connectivity index (χ3n) is 2.06. The standard InChI is InChI=1S/C12H21N3OS/c1-3-13-12(14-7-8-16-4-2)15-10-11-6-5-9-17-11/h5-6,9H,3-4,7-8,10H2,1-2H3,(H2,13,14,15). The van der Waals surface area contributed by atoms with Gasteiger partial charge in [0, 0.05) is 24.6 Å². The van der Waals surface area contributed by atoms with E-state index in [9.17, 15) is 0 Å². The van der Waals surface area contributed by atoms with Gasteiger partial charge >= 0.3 is 0 Å². The van der Waals surface area contributed by atoms with Gasteiger partial charge in [0.25, 0.3) is 0 Å². The molecule has 0 aliphatic rings. The van der Waals surface area contributed by atoms with E-state index in [-0.39, 0.29) is 0 Å². The summed E-state index contributed by atoms with van der Waals surface area (Å²) in [5, 5.41) is 8.52. The second-order valence-electron chi connectivity index (χ2n) is 3.40. The number of ether oxygens (including phenoxy) is 1. The van der Waals surface area contributed by atoms with Crippen molar-refractivity contribution in [1.82, 2.24) is 10.6 Å². The van der Waals surface area contributed by atoms with Crippen LogP contribution in [-0.4, -0.2) is 32.3 Å². The van der Waals surface area contributed by atoms with Crippen LogP contribution in [0, 0.1) is 0 Å². The largest absolute Gasteiger partial charge is 0.380 e. The molecule has 0 unspecified atom stereocenters. The van der Waals surface area contributed by atoms with Gasteiger partial charge in [0.15, 0.2) is 5.96 Å². The van der Waals surface area contributed by atoms with Gasteiger partial charge in [-0.3, -0.25) is 0 Å². The number of nitrogens with zero attached hydrogens (tertiary/aromatic N) is 1. The number of hydrogen-bond donors (Lipinski definition) is 2. The van der Waals surface area contributed by atoms with E-state index in [1.54, 1.807) is 11.3 Å². The van der Waals surface area contributed by atoms with E-state index in [0.717, 1.165) is 32.2 Å². The predicted molar refractivity (Wildman–Crippen MR) is 73.6 cm³/mol. The Balaban J connectivity index is 2.33. The van der Waals surface area contributed by atoms with Gasteiger partial charge in [-0.2, -0.15) is 0 Å². The molecule has 17 heavy (non-hydrogen) atoms. The fourth-order valence-electron chi connectivity index (χ4n) is 1.29. The van der Waals surface area contributed by atoms with Gasteiger partial charge < -0.3 is 15.4 Å². The summed E-state index contributed by atoms with van der Waals surface area (Å²) >= 11 is 1.73. The molecule has 1 aromatic heterocycles. The molecule has 2 N–H and O–H groups in total. The molecule has 0 spiro atoms. The van der Waals surface area contributed by atoms with Crippen molar-refractivity contribution in [2.24, 2.45) is 4.99 Å². The molecule has 1 rings (SSSR count). The topological polar surface area (TPSA) is 45.7 Å². The van der Waals surface area contributed by atoms with Gasteiger partial charge in [-0.05, 0) is 25.3 Å². The zero-order chi connectivity index (χ0) is 12.3. The van der Waals surface area contributed by atoms with Crippen LogP contribution in [0.1, 0.15) is 18.7 Å². The van der Waals surface area contributed by atoms with Crippen molar-refractivity contribution in [2.75, 3.05) is 26.3 Å². The first kappa shape index (κ1) is 14.0. The van der Waals surface area contributed by atoms with Crippen LogP contribution in [0.4, 0.5) is 0 Å². The lowest BCUT2D eigenvalue weighted by atomic mass is 10.5. The lowest BCUT2D eigenvalue weighted by molar-refractivity contribution is 0.152. The number of nitrogens with one attached hydrogen (secondary N) is 2. The third kappa shape index (κ3) is 6.28. The van der Waals surface area contributed by atoms with E-state index in [1.165, 1.54) is 4.88 Å². The minimum atomic E-state index is 0.708. The van der Waals surface area contributed by atoms with Crippen molar-refractivity contribution in [2.45, 2.75) is 20.4 Å². The molecule has 0 radical (unpaired) electrons. The number of thiophene rings is 1. The minimum Gasteiger partial charge on any atom is -0.380 e. The van der Waals surface area contributed by atoms with Crippen LogP contribution in [0.5, 0.6) is 0 Å². The number of aliphatic imine (C=N–C) groups is 1. The summed E-state index contributed by atoms with van der Waals surface area (Å²) in [5.74, 6) is 0.848. The van der Waals surface area contributed by atoms with Gasteiger partial charge in [0.2, 0.25) is 0 Å². The molecular formula is C12H21N3OS. The van der Waals surface area contributed by atoms with Gasteiger partial charge in [0.1, 0.15) is 0 Å². The summed E-state index contributed by atoms with van der Waals surface area (Å²) in [7, 11) is 0. The Morgan fingerprint density at radius 3 is 2.94 bits per heavy atom. The van der Waals surface area contributed by atoms with Crippen molar-refractivity contribution < 1.29 is 4.74 Å². The van der Waals surface area contributed by atoms with Crippen molar-refractivity contribution in [3.05, 3.63) is 22.4 Å². The van der Waals surface area contributed by atoms with E-state index < -0.39 is 0 Å². The van der Waals surface area contributed by atoms with Crippen LogP contribution in [-0.2, 0) is 11.3 Å². The monoisotopic (exact) mass is 255 g/mol. The van der Waals surface area contributed by atoms with Crippen LogP contribution in [0.3, 0.4) is 0 Å². The molecular weight excluding hydrogens is 234 g/mol. The van der Waals surface area contributed by atoms with Crippen molar-refractivity contribution >= 4 is 17.3 Å². The Kier molecular flexibility index (Phi) is 7.42. The molecule has 0 amide bonds. The average Bonchev–Trinajstić information content (AvgIpc) is 2.84. The molecule has 0 saturated heterocycles. The maximum atomic E-state index is 5.27. The van der Waals surface area contributed by atoms with Crippen LogP contribution in [0.15, 0.2) is 22.5 Å². The van der Waals surface area contributed by atoms with Crippen LogP contribution in [0.25, 0.3) is 0 Å². The lowest BCUT2D eigenvalue weighted by Crippen LogP contribution is -2.38. The van der Waals surface area contributed by atoms with E-state index in [2.05, 4.69) is 34.0 Å². The van der Waals surface area contributed by atoms with E-state index in [4.69, 9.17) is 4.74 Å². The van der Waals surface area contributed by atoms with Gasteiger partial charge in [0.05, 0.1) is 13.2 Å². The molecule has 0 aliphatic carbocycles. The first-order valence-electron chi connectivity index (χ1n) is 5.99. The highest BCUT2D eigenvalue weighted by Crippen LogP contribution is 2.09. The maximum absolute atomic E-state index is 5.27. The second kappa shape index (κ2) is 9.01. The van der Waals surface area contributed by atoms with Gasteiger partial charge in [-0.1, -0.05) is 6.07 Å². The number of rotatable bonds is 7. The molecule has 0 aromatic carbocycles. The smallest absolute Gasteiger partial charge is 0.191 e. The van der Waals surface area contributed by atoms with Gasteiger partial charge in [-0.25, -0.2) is 4.99 Å². The second-order valence-corrected chi connectivity index (χ2v) is 4.43. The maximum Gasteiger partial charge on any atom is 0.191 e. The Morgan fingerprint density at radius 1 is 1.41 bits per heavy atom. The van der Waals surface area contributed by atoms with Crippen LogP contribution >= 0.6 is 11.3 Å². The molecule has 0 saturated carbocycles. The SMILES string of the molecule is CCNC(=NCc1cccs1)NCCOCC. The molecule has 0 bridgehead atoms. The molecule has 4 nitrogen and oxygen atoms in total. The Labute approximate surface area is 107 Å². The highest BCUT2D eigenvalue weighted by Gasteiger charge is 1.97. The van der Waals surface area contributed by atoms with E-state index in [1.807, 2.05) is 13.0 Å². The van der Waals surface area contributed by atoms with Crippen molar-refractivity contribution in [3.8, 4) is 0 Å². The quantitative estimate of drug-likeness (QED) is 0.444. The summed E-state index contributed by atoms with van der Waals surface area (Å²) in [5.41, 5.74) is 0. The zero-order valence-corrected chi connectivity index (χ0v) is 11.3. The van der Waals surface area contributed by atoms with E-state index >= 15 is 0 Å². The molecule has 0 fully saturated rings. The Bertz CT molecular complexity index is 312. The first-order valence-corrected chi connectivity index (χ1v) is 6.87. The summed E-state index contributed by atoms with van der Waals surface area (Å²) in [6.45, 7) is 7.89. The van der Waals surface area contributed by atoms with Crippen LogP contribution in [0.2, 0.25) is 0 Å². The highest BCUT2D eigenvalue weighted by molar-refractivity contribution is 7.09. The van der Waals surface area contributed by atoms with Crippen LogP contribution < -0.4 is 10.6 Å². The Morgan fingerprint density at radius 2 is 2.29 bits per heavy atom. The van der Waals surface area contributed by atoms with Crippen molar-refractivity contribution in [1.29, 1.82) is 0 Å². The molecule has 5 heteroatoms. The van der Waals surface area contributed by atoms with Gasteiger partial charge in [-0.15, -0.1) is 11.3 Å². The molecule has 1 heterocycles. The molecule has 96 valence electrons. The zero-order valence-electron chi connectivity index (χ0n) is 10.5. The van der Waals surface area contributed by atoms with Crippen molar-refractivity contribution in [3.63, 3.8) is 0 Å². The fourth-order valence-corrected chi connectivity index (χ4v) is 1.92. The number of guanidine groups is 1. The summed E-state index contributed by atoms with van der Waals surface area (Å²) in [6.07, 6.45) is 0. The summed E-state index contributed by atoms with van der Waals surface area (Å²) in [6, 6.07) is 4.14. The molecule has 0 aliphatic heterocycles. The minimum absolute atomic E-state index is 0.708. The third-order valence-corrected chi connectivity index (χ3v) is 2.92.